The minimum atomic E-state index is -4.67. The number of rotatable bonds is 4. The summed E-state index contributed by atoms with van der Waals surface area (Å²) >= 11 is 7.69. The Bertz CT molecular complexity index is 1320. The number of carbonyl (C=O) groups excluding carboxylic acids is 1. The van der Waals surface area contributed by atoms with Crippen LogP contribution >= 0.6 is 22.9 Å². The number of amides is 1. The Morgan fingerprint density at radius 3 is 2.44 bits per heavy atom. The number of anilines is 1. The van der Waals surface area contributed by atoms with E-state index in [1.807, 2.05) is 30.3 Å². The van der Waals surface area contributed by atoms with Gasteiger partial charge in [-0.3, -0.25) is 4.79 Å². The molecule has 0 N–H and O–H groups in total. The normalized spacial score (nSPS) is 14.7. The van der Waals surface area contributed by atoms with Crippen molar-refractivity contribution in [2.45, 2.75) is 12.6 Å². The molecular weight excluding hydrogens is 487 g/mol. The summed E-state index contributed by atoms with van der Waals surface area (Å²) in [6.45, 7) is 2.35. The summed E-state index contributed by atoms with van der Waals surface area (Å²) in [6, 6.07) is 14.3. The number of benzene rings is 1. The highest BCUT2D eigenvalue weighted by Gasteiger charge is 2.36. The molecule has 34 heavy (non-hydrogen) atoms. The van der Waals surface area contributed by atoms with Gasteiger partial charge in [-0.2, -0.15) is 18.3 Å². The van der Waals surface area contributed by atoms with Crippen LogP contribution in [-0.2, 0) is 17.4 Å². The van der Waals surface area contributed by atoms with E-state index >= 15 is 0 Å². The van der Waals surface area contributed by atoms with Crippen molar-refractivity contribution in [2.75, 3.05) is 31.1 Å². The van der Waals surface area contributed by atoms with Crippen LogP contribution in [0.3, 0.4) is 0 Å². The van der Waals surface area contributed by atoms with Crippen LogP contribution in [0.5, 0.6) is 0 Å². The largest absolute Gasteiger partial charge is 0.433 e. The van der Waals surface area contributed by atoms with Crippen LogP contribution < -0.4 is 4.90 Å². The lowest BCUT2D eigenvalue weighted by Gasteiger charge is -2.36. The first-order chi connectivity index (χ1) is 16.3. The van der Waals surface area contributed by atoms with Crippen LogP contribution in [-0.4, -0.2) is 51.6 Å². The van der Waals surface area contributed by atoms with Gasteiger partial charge in [0.05, 0.1) is 22.7 Å². The Morgan fingerprint density at radius 2 is 1.79 bits per heavy atom. The number of halogens is 4. The number of fused-ring (bicyclic) bond motifs is 1. The molecule has 0 atom stereocenters. The zero-order valence-corrected chi connectivity index (χ0v) is 19.4. The number of alkyl halides is 3. The van der Waals surface area contributed by atoms with Gasteiger partial charge in [0, 0.05) is 31.9 Å². The number of nitrogens with zero attached hydrogens (tertiary/aromatic N) is 5. The predicted molar refractivity (Wildman–Crippen MR) is 125 cm³/mol. The Hall–Kier alpha value is -3.11. The number of piperazine rings is 1. The van der Waals surface area contributed by atoms with Gasteiger partial charge in [0.1, 0.15) is 5.02 Å². The maximum absolute atomic E-state index is 13.8. The highest BCUT2D eigenvalue weighted by Crippen LogP contribution is 2.35. The molecule has 1 aliphatic rings. The third-order valence-electron chi connectivity index (χ3n) is 5.74. The van der Waals surface area contributed by atoms with Gasteiger partial charge < -0.3 is 9.80 Å². The topological polar surface area (TPSA) is 53.7 Å². The van der Waals surface area contributed by atoms with Gasteiger partial charge in [-0.15, -0.1) is 11.3 Å². The van der Waals surface area contributed by atoms with Crippen molar-refractivity contribution in [3.05, 3.63) is 70.3 Å². The van der Waals surface area contributed by atoms with Crippen LogP contribution in [0.15, 0.2) is 53.9 Å². The SMILES string of the molecule is O=C(Cc1nn2c(C(F)(F)F)cc(-c3cccs3)nc2c1Cl)N1CCN(c2ccccc2)CC1. The molecule has 5 rings (SSSR count). The van der Waals surface area contributed by atoms with Crippen molar-refractivity contribution in [3.8, 4) is 10.6 Å². The molecule has 0 radical (unpaired) electrons. The van der Waals surface area contributed by atoms with Gasteiger partial charge in [-0.25, -0.2) is 9.50 Å². The zero-order chi connectivity index (χ0) is 23.9. The van der Waals surface area contributed by atoms with Gasteiger partial charge in [-0.1, -0.05) is 35.9 Å². The quantitative estimate of drug-likeness (QED) is 0.391. The van der Waals surface area contributed by atoms with Crippen LogP contribution in [0.2, 0.25) is 5.02 Å². The summed E-state index contributed by atoms with van der Waals surface area (Å²) in [7, 11) is 0. The summed E-state index contributed by atoms with van der Waals surface area (Å²) in [4.78, 5) is 21.7. The second-order valence-corrected chi connectivity index (χ2v) is 9.20. The maximum Gasteiger partial charge on any atom is 0.433 e. The number of aromatic nitrogens is 3. The Labute approximate surface area is 202 Å². The predicted octanol–water partition coefficient (Wildman–Crippen LogP) is 5.02. The Balaban J connectivity index is 1.39. The van der Waals surface area contributed by atoms with Crippen LogP contribution in [0.25, 0.3) is 16.2 Å². The molecule has 176 valence electrons. The van der Waals surface area contributed by atoms with Crippen molar-refractivity contribution >= 4 is 40.2 Å². The number of para-hydroxylation sites is 1. The highest BCUT2D eigenvalue weighted by atomic mass is 35.5. The summed E-state index contributed by atoms with van der Waals surface area (Å²) in [5.74, 6) is -0.231. The molecule has 1 amide bonds. The average molecular weight is 506 g/mol. The summed E-state index contributed by atoms with van der Waals surface area (Å²) in [5.41, 5.74) is 0.227. The molecule has 1 aromatic carbocycles. The van der Waals surface area contributed by atoms with Gasteiger partial charge in [-0.05, 0) is 29.6 Å². The molecule has 1 saturated heterocycles. The van der Waals surface area contributed by atoms with E-state index in [1.165, 1.54) is 11.3 Å². The molecule has 4 aromatic rings. The zero-order valence-electron chi connectivity index (χ0n) is 17.8. The van der Waals surface area contributed by atoms with Gasteiger partial charge in [0.25, 0.3) is 0 Å². The molecule has 0 unspecified atom stereocenters. The Morgan fingerprint density at radius 1 is 1.06 bits per heavy atom. The first-order valence-electron chi connectivity index (χ1n) is 10.6. The number of hydrogen-bond donors (Lipinski definition) is 0. The van der Waals surface area contributed by atoms with Crippen molar-refractivity contribution in [3.63, 3.8) is 0 Å². The number of carbonyl (C=O) groups is 1. The van der Waals surface area contributed by atoms with E-state index in [2.05, 4.69) is 15.0 Å². The van der Waals surface area contributed by atoms with Crippen LogP contribution in [0.4, 0.5) is 18.9 Å². The summed E-state index contributed by atoms with van der Waals surface area (Å²) < 4.78 is 42.1. The minimum absolute atomic E-state index is 0.0415. The fraction of sp³-hybridized carbons (Fsp3) is 0.261. The molecule has 0 bridgehead atoms. The van der Waals surface area contributed by atoms with E-state index in [-0.39, 0.29) is 34.4 Å². The molecule has 4 heterocycles. The molecule has 0 spiro atoms. The van der Waals surface area contributed by atoms with Crippen LogP contribution in [0, 0.1) is 0 Å². The van der Waals surface area contributed by atoms with E-state index in [1.54, 1.807) is 22.4 Å². The van der Waals surface area contributed by atoms with Gasteiger partial charge in [0.15, 0.2) is 11.3 Å². The lowest BCUT2D eigenvalue weighted by molar-refractivity contribution is -0.142. The average Bonchev–Trinajstić information content (AvgIpc) is 3.48. The lowest BCUT2D eigenvalue weighted by atomic mass is 10.2. The van der Waals surface area contributed by atoms with E-state index in [0.29, 0.717) is 35.6 Å². The van der Waals surface area contributed by atoms with Crippen molar-refractivity contribution < 1.29 is 18.0 Å². The van der Waals surface area contributed by atoms with Crippen molar-refractivity contribution in [1.82, 2.24) is 19.5 Å². The lowest BCUT2D eigenvalue weighted by Crippen LogP contribution is -2.49. The maximum atomic E-state index is 13.8. The monoisotopic (exact) mass is 505 g/mol. The standard InChI is InChI=1S/C23H19ClF3N5OS/c24-21-17(14-20(33)31-10-8-30(9-11-31)15-5-2-1-3-6-15)29-32-19(23(25,26)27)13-16(28-22(21)32)18-7-4-12-34-18/h1-7,12-13H,8-11,14H2. The van der Waals surface area contributed by atoms with E-state index in [0.717, 1.165) is 11.8 Å². The molecule has 0 saturated carbocycles. The smallest absolute Gasteiger partial charge is 0.368 e. The first-order valence-corrected chi connectivity index (χ1v) is 11.8. The van der Waals surface area contributed by atoms with E-state index in [4.69, 9.17) is 11.6 Å². The highest BCUT2D eigenvalue weighted by molar-refractivity contribution is 7.13. The summed E-state index contributed by atoms with van der Waals surface area (Å²) in [6.07, 6.45) is -4.86. The second-order valence-electron chi connectivity index (χ2n) is 7.88. The number of hydrogen-bond acceptors (Lipinski definition) is 5. The van der Waals surface area contributed by atoms with Gasteiger partial charge in [0.2, 0.25) is 5.91 Å². The minimum Gasteiger partial charge on any atom is -0.368 e. The van der Waals surface area contributed by atoms with Crippen molar-refractivity contribution in [1.29, 1.82) is 0 Å². The van der Waals surface area contributed by atoms with E-state index in [9.17, 15) is 18.0 Å². The Kier molecular flexibility index (Phi) is 5.95. The number of thiophene rings is 1. The van der Waals surface area contributed by atoms with Gasteiger partial charge >= 0.3 is 6.18 Å². The molecule has 1 fully saturated rings. The fourth-order valence-electron chi connectivity index (χ4n) is 4.01. The summed E-state index contributed by atoms with van der Waals surface area (Å²) in [5, 5.41) is 5.76. The molecule has 0 aliphatic carbocycles. The fourth-order valence-corrected chi connectivity index (χ4v) is 4.92. The molecular formula is C23H19ClF3N5OS. The molecule has 3 aromatic heterocycles. The second kappa shape index (κ2) is 8.92. The van der Waals surface area contributed by atoms with Crippen LogP contribution in [0.1, 0.15) is 11.4 Å². The van der Waals surface area contributed by atoms with E-state index < -0.39 is 11.9 Å². The third-order valence-corrected chi connectivity index (χ3v) is 7.01. The molecule has 1 aliphatic heterocycles. The molecule has 11 heteroatoms. The molecule has 6 nitrogen and oxygen atoms in total. The third kappa shape index (κ3) is 4.35. The van der Waals surface area contributed by atoms with Crippen molar-refractivity contribution in [2.24, 2.45) is 0 Å². The first kappa shape index (κ1) is 22.7.